The van der Waals surface area contributed by atoms with E-state index in [1.807, 2.05) is 0 Å². The van der Waals surface area contributed by atoms with Gasteiger partial charge >= 0.3 is 6.09 Å². The third kappa shape index (κ3) is 17.1. The van der Waals surface area contributed by atoms with Crippen LogP contribution in [0.1, 0.15) is 97.3 Å². The molecule has 0 aromatic rings. The van der Waals surface area contributed by atoms with E-state index in [0.29, 0.717) is 25.4 Å². The van der Waals surface area contributed by atoms with E-state index in [1.54, 1.807) is 0 Å². The summed E-state index contributed by atoms with van der Waals surface area (Å²) in [5.41, 5.74) is 0. The number of Topliss-reactive ketones (excluding diaryl/α,β-unsaturated/α-hetero) is 1. The van der Waals surface area contributed by atoms with Crippen LogP contribution in [0.5, 0.6) is 0 Å². The Morgan fingerprint density at radius 2 is 1.30 bits per heavy atom. The summed E-state index contributed by atoms with van der Waals surface area (Å²) in [6.07, 6.45) is 13.0. The van der Waals surface area contributed by atoms with Crippen LogP contribution in [0.4, 0.5) is 4.79 Å². The summed E-state index contributed by atoms with van der Waals surface area (Å²) in [7, 11) is 0. The average Bonchev–Trinajstić information content (AvgIpc) is 2.54. The molecule has 0 fully saturated rings. The molecular weight excluding hydrogens is 290 g/mol. The predicted molar refractivity (Wildman–Crippen MR) is 95.7 cm³/mol. The Labute approximate surface area is 142 Å². The first-order valence-electron chi connectivity index (χ1n) is 9.63. The zero-order valence-corrected chi connectivity index (χ0v) is 15.3. The van der Waals surface area contributed by atoms with Crippen molar-refractivity contribution in [1.29, 1.82) is 0 Å². The zero-order chi connectivity index (χ0) is 17.2. The number of amides is 1. The second-order valence-corrected chi connectivity index (χ2v) is 6.28. The lowest BCUT2D eigenvalue weighted by Gasteiger charge is -2.07. The Hall–Kier alpha value is -1.06. The van der Waals surface area contributed by atoms with Gasteiger partial charge in [0.1, 0.15) is 5.78 Å². The molecule has 0 aliphatic carbocycles. The third-order valence-electron chi connectivity index (χ3n) is 3.94. The van der Waals surface area contributed by atoms with Crippen LogP contribution in [0.2, 0.25) is 0 Å². The van der Waals surface area contributed by atoms with Crippen molar-refractivity contribution in [2.45, 2.75) is 97.3 Å². The number of unbranched alkanes of at least 4 members (excludes halogenated alkanes) is 8. The molecule has 0 aliphatic heterocycles. The quantitative estimate of drug-likeness (QED) is 0.386. The molecule has 0 saturated heterocycles. The normalized spacial score (nSPS) is 10.5. The van der Waals surface area contributed by atoms with Gasteiger partial charge in [-0.2, -0.15) is 0 Å². The van der Waals surface area contributed by atoms with E-state index in [9.17, 15) is 9.59 Å². The fourth-order valence-corrected chi connectivity index (χ4v) is 2.43. The highest BCUT2D eigenvalue weighted by Crippen LogP contribution is 2.08. The molecule has 0 radical (unpaired) electrons. The molecule has 0 aromatic carbocycles. The molecule has 136 valence electrons. The second-order valence-electron chi connectivity index (χ2n) is 6.28. The first kappa shape index (κ1) is 21.9. The largest absolute Gasteiger partial charge is 0.450 e. The summed E-state index contributed by atoms with van der Waals surface area (Å²) in [6.45, 7) is 5.50. The Balaban J connectivity index is 3.28. The van der Waals surface area contributed by atoms with Crippen LogP contribution < -0.4 is 5.32 Å². The minimum Gasteiger partial charge on any atom is -0.450 e. The van der Waals surface area contributed by atoms with E-state index < -0.39 is 0 Å². The zero-order valence-electron chi connectivity index (χ0n) is 15.3. The SMILES string of the molecule is CCCCCCNC(=O)OCCCCCC(=O)CCCCCC. The van der Waals surface area contributed by atoms with Crippen molar-refractivity contribution in [3.8, 4) is 0 Å². The molecule has 0 rings (SSSR count). The van der Waals surface area contributed by atoms with Gasteiger partial charge in [-0.05, 0) is 32.1 Å². The molecule has 4 heteroatoms. The highest BCUT2D eigenvalue weighted by Gasteiger charge is 2.03. The molecule has 23 heavy (non-hydrogen) atoms. The standard InChI is InChI=1S/C19H37NO3/c1-3-5-7-10-14-18(21)15-11-9-13-17-23-19(22)20-16-12-8-6-4-2/h3-17H2,1-2H3,(H,20,22). The van der Waals surface area contributed by atoms with Gasteiger partial charge in [-0.25, -0.2) is 4.79 Å². The van der Waals surface area contributed by atoms with E-state index in [0.717, 1.165) is 44.9 Å². The van der Waals surface area contributed by atoms with Crippen molar-refractivity contribution in [2.24, 2.45) is 0 Å². The molecule has 0 aromatic heterocycles. The maximum Gasteiger partial charge on any atom is 0.407 e. The predicted octanol–water partition coefficient (Wildman–Crippen LogP) is 5.39. The molecule has 0 heterocycles. The van der Waals surface area contributed by atoms with Crippen LogP contribution in [0.15, 0.2) is 0 Å². The highest BCUT2D eigenvalue weighted by molar-refractivity contribution is 5.78. The number of nitrogens with one attached hydrogen (secondary N) is 1. The summed E-state index contributed by atoms with van der Waals surface area (Å²) in [6, 6.07) is 0. The summed E-state index contributed by atoms with van der Waals surface area (Å²) in [5.74, 6) is 0.381. The molecule has 0 bridgehead atoms. The number of alkyl carbamates (subject to hydrolysis) is 1. The van der Waals surface area contributed by atoms with Crippen LogP contribution in [0.3, 0.4) is 0 Å². The van der Waals surface area contributed by atoms with Gasteiger partial charge in [0.25, 0.3) is 0 Å². The van der Waals surface area contributed by atoms with Crippen molar-refractivity contribution < 1.29 is 14.3 Å². The number of ketones is 1. The van der Waals surface area contributed by atoms with Crippen LogP contribution in [0.25, 0.3) is 0 Å². The van der Waals surface area contributed by atoms with Gasteiger partial charge in [0, 0.05) is 19.4 Å². The van der Waals surface area contributed by atoms with E-state index in [-0.39, 0.29) is 6.09 Å². The number of hydrogen-bond donors (Lipinski definition) is 1. The van der Waals surface area contributed by atoms with Gasteiger partial charge < -0.3 is 10.1 Å². The first-order chi connectivity index (χ1) is 11.2. The molecule has 0 unspecified atom stereocenters. The Kier molecular flexibility index (Phi) is 16.5. The van der Waals surface area contributed by atoms with Crippen LogP contribution in [-0.2, 0) is 9.53 Å². The fourth-order valence-electron chi connectivity index (χ4n) is 2.43. The van der Waals surface area contributed by atoms with Gasteiger partial charge in [-0.15, -0.1) is 0 Å². The van der Waals surface area contributed by atoms with E-state index >= 15 is 0 Å². The molecule has 0 spiro atoms. The van der Waals surface area contributed by atoms with Gasteiger partial charge in [0.15, 0.2) is 0 Å². The number of carbonyl (C=O) groups excluding carboxylic acids is 2. The van der Waals surface area contributed by atoms with Gasteiger partial charge in [0.2, 0.25) is 0 Å². The first-order valence-corrected chi connectivity index (χ1v) is 9.63. The molecule has 1 amide bonds. The molecule has 0 atom stereocenters. The van der Waals surface area contributed by atoms with Crippen LogP contribution >= 0.6 is 0 Å². The topological polar surface area (TPSA) is 55.4 Å². The van der Waals surface area contributed by atoms with Crippen molar-refractivity contribution >= 4 is 11.9 Å². The summed E-state index contributed by atoms with van der Waals surface area (Å²) >= 11 is 0. The number of ether oxygens (including phenoxy) is 1. The lowest BCUT2D eigenvalue weighted by molar-refractivity contribution is -0.119. The minimum atomic E-state index is -0.312. The number of rotatable bonds is 16. The van der Waals surface area contributed by atoms with Gasteiger partial charge in [-0.1, -0.05) is 52.4 Å². The van der Waals surface area contributed by atoms with Crippen molar-refractivity contribution in [1.82, 2.24) is 5.32 Å². The molecular formula is C19H37NO3. The van der Waals surface area contributed by atoms with Crippen LogP contribution in [0, 0.1) is 0 Å². The average molecular weight is 328 g/mol. The molecule has 1 N–H and O–H groups in total. The Bertz CT molecular complexity index is 292. The Morgan fingerprint density at radius 3 is 1.91 bits per heavy atom. The number of carbonyl (C=O) groups is 2. The van der Waals surface area contributed by atoms with Crippen molar-refractivity contribution in [3.63, 3.8) is 0 Å². The fraction of sp³-hybridized carbons (Fsp3) is 0.895. The maximum atomic E-state index is 11.6. The molecule has 0 aliphatic rings. The second kappa shape index (κ2) is 17.3. The van der Waals surface area contributed by atoms with Crippen molar-refractivity contribution in [3.05, 3.63) is 0 Å². The van der Waals surface area contributed by atoms with Gasteiger partial charge in [-0.3, -0.25) is 4.79 Å². The van der Waals surface area contributed by atoms with E-state index in [1.165, 1.54) is 32.1 Å². The summed E-state index contributed by atoms with van der Waals surface area (Å²) < 4.78 is 5.11. The molecule has 0 saturated carbocycles. The van der Waals surface area contributed by atoms with Crippen LogP contribution in [-0.4, -0.2) is 25.0 Å². The highest BCUT2D eigenvalue weighted by atomic mass is 16.5. The lowest BCUT2D eigenvalue weighted by Crippen LogP contribution is -2.25. The van der Waals surface area contributed by atoms with Gasteiger partial charge in [0.05, 0.1) is 6.61 Å². The third-order valence-corrected chi connectivity index (χ3v) is 3.94. The minimum absolute atomic E-state index is 0.312. The molecule has 4 nitrogen and oxygen atoms in total. The Morgan fingerprint density at radius 1 is 0.739 bits per heavy atom. The smallest absolute Gasteiger partial charge is 0.407 e. The van der Waals surface area contributed by atoms with E-state index in [4.69, 9.17) is 4.74 Å². The lowest BCUT2D eigenvalue weighted by atomic mass is 10.1. The maximum absolute atomic E-state index is 11.6. The van der Waals surface area contributed by atoms with E-state index in [2.05, 4.69) is 19.2 Å². The monoisotopic (exact) mass is 327 g/mol. The van der Waals surface area contributed by atoms with Crippen molar-refractivity contribution in [2.75, 3.05) is 13.2 Å². The summed E-state index contributed by atoms with van der Waals surface area (Å²) in [5, 5.41) is 2.77. The summed E-state index contributed by atoms with van der Waals surface area (Å²) in [4.78, 5) is 23.0. The number of hydrogen-bond acceptors (Lipinski definition) is 3.